The lowest BCUT2D eigenvalue weighted by Gasteiger charge is -1.96. The topological polar surface area (TPSA) is 75.7 Å². The fourth-order valence-corrected chi connectivity index (χ4v) is 2.46. The molecule has 0 saturated heterocycles. The summed E-state index contributed by atoms with van der Waals surface area (Å²) in [6.07, 6.45) is 4.32. The summed E-state index contributed by atoms with van der Waals surface area (Å²) in [6.45, 7) is 0. The molecular formula is C11H9N3O2S. The van der Waals surface area contributed by atoms with Crippen LogP contribution in [0.4, 0.5) is 0 Å². The molecule has 0 radical (unpaired) electrons. The van der Waals surface area contributed by atoms with Crippen LogP contribution in [0.1, 0.15) is 0 Å². The Bertz CT molecular complexity index is 821. The highest BCUT2D eigenvalue weighted by Crippen LogP contribution is 2.25. The van der Waals surface area contributed by atoms with Gasteiger partial charge in [0.05, 0.1) is 11.0 Å². The zero-order chi connectivity index (χ0) is 12.0. The standard InChI is InChI=1S/C11H9N3O2S/c1-17(15,16)10-4-7-2-3-9-8(11(7)14-10)5-12-6-13-9/h2-6,14H,1H3. The zero-order valence-electron chi connectivity index (χ0n) is 9.01. The quantitative estimate of drug-likeness (QED) is 0.707. The fourth-order valence-electron chi connectivity index (χ4n) is 1.83. The van der Waals surface area contributed by atoms with Crippen LogP contribution in [0.3, 0.4) is 0 Å². The van der Waals surface area contributed by atoms with Crippen molar-refractivity contribution < 1.29 is 8.42 Å². The number of hydrogen-bond acceptors (Lipinski definition) is 4. The van der Waals surface area contributed by atoms with Gasteiger partial charge in [-0.05, 0) is 12.1 Å². The molecule has 0 fully saturated rings. The third-order valence-corrected chi connectivity index (χ3v) is 3.67. The van der Waals surface area contributed by atoms with Crippen molar-refractivity contribution in [1.29, 1.82) is 0 Å². The summed E-state index contributed by atoms with van der Waals surface area (Å²) in [5.74, 6) is 0. The summed E-state index contributed by atoms with van der Waals surface area (Å²) in [6, 6.07) is 5.31. The summed E-state index contributed by atoms with van der Waals surface area (Å²) < 4.78 is 23.0. The summed E-state index contributed by atoms with van der Waals surface area (Å²) >= 11 is 0. The van der Waals surface area contributed by atoms with Crippen molar-refractivity contribution >= 4 is 31.6 Å². The maximum Gasteiger partial charge on any atom is 0.190 e. The van der Waals surface area contributed by atoms with E-state index in [1.807, 2.05) is 12.1 Å². The maximum absolute atomic E-state index is 11.5. The Labute approximate surface area is 97.4 Å². The maximum atomic E-state index is 11.5. The predicted molar refractivity (Wildman–Crippen MR) is 64.5 cm³/mol. The first-order valence-electron chi connectivity index (χ1n) is 4.97. The SMILES string of the molecule is CS(=O)(=O)c1cc2ccc3ncncc3c2[nH]1. The second kappa shape index (κ2) is 3.27. The number of fused-ring (bicyclic) bond motifs is 3. The molecule has 3 rings (SSSR count). The Morgan fingerprint density at radius 3 is 2.88 bits per heavy atom. The molecular weight excluding hydrogens is 238 g/mol. The number of hydrogen-bond donors (Lipinski definition) is 1. The molecule has 17 heavy (non-hydrogen) atoms. The molecule has 0 bridgehead atoms. The van der Waals surface area contributed by atoms with Crippen LogP contribution in [-0.4, -0.2) is 29.6 Å². The smallest absolute Gasteiger partial charge is 0.190 e. The van der Waals surface area contributed by atoms with Gasteiger partial charge in [-0.2, -0.15) is 0 Å². The van der Waals surface area contributed by atoms with Gasteiger partial charge in [0.15, 0.2) is 9.84 Å². The van der Waals surface area contributed by atoms with E-state index in [4.69, 9.17) is 0 Å². The highest BCUT2D eigenvalue weighted by atomic mass is 32.2. The van der Waals surface area contributed by atoms with Gasteiger partial charge in [0.2, 0.25) is 0 Å². The molecule has 0 saturated carbocycles. The normalized spacial score (nSPS) is 12.3. The number of nitrogens with one attached hydrogen (secondary N) is 1. The highest BCUT2D eigenvalue weighted by molar-refractivity contribution is 7.90. The molecule has 3 aromatic rings. The average Bonchev–Trinajstić information content (AvgIpc) is 2.72. The van der Waals surface area contributed by atoms with Crippen molar-refractivity contribution in [1.82, 2.24) is 15.0 Å². The molecule has 0 aliphatic heterocycles. The number of rotatable bonds is 1. The summed E-state index contributed by atoms with van der Waals surface area (Å²) in [4.78, 5) is 11.0. The first kappa shape index (κ1) is 10.2. The fraction of sp³-hybridized carbons (Fsp3) is 0.0909. The van der Waals surface area contributed by atoms with Gasteiger partial charge in [0, 0.05) is 23.2 Å². The number of benzene rings is 1. The number of sulfone groups is 1. The lowest BCUT2D eigenvalue weighted by molar-refractivity contribution is 0.599. The van der Waals surface area contributed by atoms with Crippen molar-refractivity contribution in [3.8, 4) is 0 Å². The van der Waals surface area contributed by atoms with E-state index in [0.717, 1.165) is 21.8 Å². The van der Waals surface area contributed by atoms with Gasteiger partial charge in [0.1, 0.15) is 11.4 Å². The van der Waals surface area contributed by atoms with E-state index in [9.17, 15) is 8.42 Å². The van der Waals surface area contributed by atoms with Gasteiger partial charge in [-0.25, -0.2) is 18.4 Å². The van der Waals surface area contributed by atoms with E-state index in [-0.39, 0.29) is 5.03 Å². The Morgan fingerprint density at radius 2 is 2.12 bits per heavy atom. The minimum absolute atomic E-state index is 0.212. The van der Waals surface area contributed by atoms with Gasteiger partial charge in [-0.15, -0.1) is 0 Å². The van der Waals surface area contributed by atoms with Crippen LogP contribution < -0.4 is 0 Å². The van der Waals surface area contributed by atoms with Crippen molar-refractivity contribution in [3.63, 3.8) is 0 Å². The Morgan fingerprint density at radius 1 is 1.29 bits per heavy atom. The van der Waals surface area contributed by atoms with E-state index in [0.29, 0.717) is 0 Å². The van der Waals surface area contributed by atoms with Crippen molar-refractivity contribution in [3.05, 3.63) is 30.7 Å². The molecule has 2 aromatic heterocycles. The molecule has 0 amide bonds. The highest BCUT2D eigenvalue weighted by Gasteiger charge is 2.12. The van der Waals surface area contributed by atoms with Gasteiger partial charge in [-0.3, -0.25) is 0 Å². The second-order valence-corrected chi connectivity index (χ2v) is 5.88. The molecule has 1 N–H and O–H groups in total. The van der Waals surface area contributed by atoms with Gasteiger partial charge in [-0.1, -0.05) is 6.07 Å². The van der Waals surface area contributed by atoms with E-state index < -0.39 is 9.84 Å². The van der Waals surface area contributed by atoms with E-state index >= 15 is 0 Å². The molecule has 0 unspecified atom stereocenters. The van der Waals surface area contributed by atoms with Crippen LogP contribution in [0.25, 0.3) is 21.8 Å². The van der Waals surface area contributed by atoms with Crippen molar-refractivity contribution in [2.24, 2.45) is 0 Å². The average molecular weight is 247 g/mol. The zero-order valence-corrected chi connectivity index (χ0v) is 9.82. The Kier molecular flexibility index (Phi) is 1.97. The van der Waals surface area contributed by atoms with Crippen LogP contribution in [0.5, 0.6) is 0 Å². The first-order chi connectivity index (χ1) is 8.05. The molecule has 6 heteroatoms. The van der Waals surface area contributed by atoms with Crippen LogP contribution in [0.2, 0.25) is 0 Å². The lowest BCUT2D eigenvalue weighted by atomic mass is 10.2. The van der Waals surface area contributed by atoms with E-state index in [1.54, 1.807) is 12.3 Å². The van der Waals surface area contributed by atoms with Crippen molar-refractivity contribution in [2.75, 3.05) is 6.26 Å². The second-order valence-electron chi connectivity index (χ2n) is 3.89. The molecule has 0 aliphatic rings. The third kappa shape index (κ3) is 1.57. The lowest BCUT2D eigenvalue weighted by Crippen LogP contribution is -1.96. The largest absolute Gasteiger partial charge is 0.345 e. The number of nitrogens with zero attached hydrogens (tertiary/aromatic N) is 2. The molecule has 0 spiro atoms. The van der Waals surface area contributed by atoms with Gasteiger partial charge >= 0.3 is 0 Å². The van der Waals surface area contributed by atoms with Crippen LogP contribution >= 0.6 is 0 Å². The van der Waals surface area contributed by atoms with Gasteiger partial charge in [0.25, 0.3) is 0 Å². The number of H-pyrrole nitrogens is 1. The first-order valence-corrected chi connectivity index (χ1v) is 6.86. The Hall–Kier alpha value is -1.95. The van der Waals surface area contributed by atoms with Gasteiger partial charge < -0.3 is 4.98 Å². The number of aromatic nitrogens is 3. The monoisotopic (exact) mass is 247 g/mol. The molecule has 0 aliphatic carbocycles. The number of aromatic amines is 1. The minimum Gasteiger partial charge on any atom is -0.345 e. The Balaban J connectivity index is 2.47. The summed E-state index contributed by atoms with van der Waals surface area (Å²) in [5.41, 5.74) is 1.54. The van der Waals surface area contributed by atoms with Crippen LogP contribution in [-0.2, 0) is 9.84 Å². The van der Waals surface area contributed by atoms with Crippen molar-refractivity contribution in [2.45, 2.75) is 5.03 Å². The molecule has 5 nitrogen and oxygen atoms in total. The van der Waals surface area contributed by atoms with Crippen LogP contribution in [0.15, 0.2) is 35.7 Å². The molecule has 86 valence electrons. The summed E-state index contributed by atoms with van der Waals surface area (Å²) in [5, 5.41) is 1.87. The molecule has 2 heterocycles. The molecule has 0 atom stereocenters. The van der Waals surface area contributed by atoms with E-state index in [1.165, 1.54) is 12.6 Å². The van der Waals surface area contributed by atoms with E-state index in [2.05, 4.69) is 15.0 Å². The minimum atomic E-state index is -3.23. The molecule has 1 aromatic carbocycles. The van der Waals surface area contributed by atoms with Crippen LogP contribution in [0, 0.1) is 0 Å². The predicted octanol–water partition coefficient (Wildman–Crippen LogP) is 1.51. The third-order valence-electron chi connectivity index (χ3n) is 2.66. The summed E-state index contributed by atoms with van der Waals surface area (Å²) in [7, 11) is -3.23.